The average Bonchev–Trinajstić information content (AvgIpc) is 3.26. The highest BCUT2D eigenvalue weighted by Crippen LogP contribution is 2.27. The third kappa shape index (κ3) is 4.44. The summed E-state index contributed by atoms with van der Waals surface area (Å²) in [7, 11) is -3.64. The van der Waals surface area contributed by atoms with E-state index in [1.807, 2.05) is 4.90 Å². The Morgan fingerprint density at radius 1 is 1.10 bits per heavy atom. The number of rotatable bonds is 5. The Balaban J connectivity index is 1.46. The summed E-state index contributed by atoms with van der Waals surface area (Å²) in [5.74, 6) is 0.326. The normalized spacial score (nSPS) is 21.1. The minimum absolute atomic E-state index is 0.0762. The number of nitrogens with one attached hydrogen (secondary N) is 1. The second-order valence-corrected chi connectivity index (χ2v) is 10.2. The standard InChI is InChI=1S/C19H25N5O3S2/c25-18(22-15-6-4-10-23(14-15)19-20-8-5-9-21-19)17-16(7-13-28-17)29(26,27)24-11-2-1-3-12-24/h5,7-9,13,15H,1-4,6,10-12,14H2,(H,22,25). The molecule has 4 rings (SSSR count). The van der Waals surface area contributed by atoms with Crippen molar-refractivity contribution >= 4 is 33.2 Å². The fourth-order valence-corrected chi connectivity index (χ4v) is 6.71. The summed E-state index contributed by atoms with van der Waals surface area (Å²) in [5, 5.41) is 4.71. The van der Waals surface area contributed by atoms with Gasteiger partial charge in [0.15, 0.2) is 0 Å². The van der Waals surface area contributed by atoms with E-state index in [9.17, 15) is 13.2 Å². The van der Waals surface area contributed by atoms with Crippen molar-refractivity contribution in [3.05, 3.63) is 34.8 Å². The topological polar surface area (TPSA) is 95.5 Å². The molecule has 0 aliphatic carbocycles. The molecule has 2 aromatic rings. The van der Waals surface area contributed by atoms with Crippen LogP contribution in [0.3, 0.4) is 0 Å². The average molecular weight is 436 g/mol. The number of carbonyl (C=O) groups excluding carboxylic acids is 1. The molecular formula is C19H25N5O3S2. The van der Waals surface area contributed by atoms with Crippen molar-refractivity contribution < 1.29 is 13.2 Å². The maximum Gasteiger partial charge on any atom is 0.263 e. The van der Waals surface area contributed by atoms with E-state index in [4.69, 9.17) is 0 Å². The molecule has 0 aromatic carbocycles. The number of hydrogen-bond acceptors (Lipinski definition) is 7. The highest BCUT2D eigenvalue weighted by Gasteiger charge is 2.32. The predicted molar refractivity (Wildman–Crippen MR) is 112 cm³/mol. The van der Waals surface area contributed by atoms with Gasteiger partial charge in [0.25, 0.3) is 5.91 Å². The Bertz CT molecular complexity index is 942. The smallest absolute Gasteiger partial charge is 0.263 e. The third-order valence-corrected chi connectivity index (χ3v) is 8.34. The van der Waals surface area contributed by atoms with E-state index in [0.717, 1.165) is 38.6 Å². The Labute approximate surface area is 175 Å². The van der Waals surface area contributed by atoms with Crippen LogP contribution in [0.4, 0.5) is 5.95 Å². The van der Waals surface area contributed by atoms with Gasteiger partial charge in [-0.1, -0.05) is 6.42 Å². The second-order valence-electron chi connectivity index (χ2n) is 7.39. The van der Waals surface area contributed by atoms with E-state index >= 15 is 0 Å². The molecule has 29 heavy (non-hydrogen) atoms. The predicted octanol–water partition coefficient (Wildman–Crippen LogP) is 2.11. The summed E-state index contributed by atoms with van der Waals surface area (Å²) < 4.78 is 27.6. The lowest BCUT2D eigenvalue weighted by atomic mass is 10.1. The fourth-order valence-electron chi connectivity index (χ4n) is 3.89. The largest absolute Gasteiger partial charge is 0.347 e. The van der Waals surface area contributed by atoms with Gasteiger partial charge in [0.2, 0.25) is 16.0 Å². The zero-order valence-corrected chi connectivity index (χ0v) is 17.8. The molecule has 0 saturated carbocycles. The molecule has 8 nitrogen and oxygen atoms in total. The molecule has 1 amide bonds. The number of nitrogens with zero attached hydrogens (tertiary/aromatic N) is 4. The highest BCUT2D eigenvalue weighted by atomic mass is 32.2. The van der Waals surface area contributed by atoms with Gasteiger partial charge in [-0.3, -0.25) is 4.79 Å². The maximum absolute atomic E-state index is 13.0. The molecule has 4 heterocycles. The second kappa shape index (κ2) is 8.76. The van der Waals surface area contributed by atoms with Crippen LogP contribution < -0.4 is 10.2 Å². The summed E-state index contributed by atoms with van der Waals surface area (Å²) in [6.07, 6.45) is 7.93. The Kier molecular flexibility index (Phi) is 6.12. The van der Waals surface area contributed by atoms with E-state index in [1.54, 1.807) is 29.9 Å². The summed E-state index contributed by atoms with van der Waals surface area (Å²) >= 11 is 1.18. The molecular weight excluding hydrogens is 410 g/mol. The molecule has 2 saturated heterocycles. The van der Waals surface area contributed by atoms with Crippen molar-refractivity contribution in [3.8, 4) is 0 Å². The fraction of sp³-hybridized carbons (Fsp3) is 0.526. The SMILES string of the molecule is O=C(NC1CCCN(c2ncccn2)C1)c1sccc1S(=O)(=O)N1CCCCC1. The van der Waals surface area contributed by atoms with Crippen molar-refractivity contribution in [1.29, 1.82) is 0 Å². The minimum Gasteiger partial charge on any atom is -0.347 e. The van der Waals surface area contributed by atoms with Crippen molar-refractivity contribution in [1.82, 2.24) is 19.6 Å². The van der Waals surface area contributed by atoms with Crippen LogP contribution >= 0.6 is 11.3 Å². The number of carbonyl (C=O) groups is 1. The quantitative estimate of drug-likeness (QED) is 0.773. The van der Waals surface area contributed by atoms with Crippen LogP contribution in [-0.4, -0.2) is 60.8 Å². The first-order chi connectivity index (χ1) is 14.1. The van der Waals surface area contributed by atoms with Gasteiger partial charge in [0, 0.05) is 44.6 Å². The monoisotopic (exact) mass is 435 g/mol. The molecule has 2 fully saturated rings. The third-order valence-electron chi connectivity index (χ3n) is 5.36. The highest BCUT2D eigenvalue weighted by molar-refractivity contribution is 7.89. The summed E-state index contributed by atoms with van der Waals surface area (Å²) in [6.45, 7) is 2.49. The van der Waals surface area contributed by atoms with Crippen molar-refractivity contribution in [3.63, 3.8) is 0 Å². The van der Waals surface area contributed by atoms with Crippen LogP contribution in [0, 0.1) is 0 Å². The number of hydrogen-bond donors (Lipinski definition) is 1. The molecule has 1 N–H and O–H groups in total. The van der Waals surface area contributed by atoms with Gasteiger partial charge in [0.05, 0.1) is 0 Å². The molecule has 156 valence electrons. The van der Waals surface area contributed by atoms with Crippen molar-refractivity contribution in [2.75, 3.05) is 31.1 Å². The molecule has 0 spiro atoms. The van der Waals surface area contributed by atoms with Crippen molar-refractivity contribution in [2.45, 2.75) is 43.0 Å². The van der Waals surface area contributed by atoms with E-state index in [1.165, 1.54) is 15.6 Å². The van der Waals surface area contributed by atoms with E-state index in [-0.39, 0.29) is 21.7 Å². The van der Waals surface area contributed by atoms with Gasteiger partial charge < -0.3 is 10.2 Å². The molecule has 2 aliphatic heterocycles. The first kappa shape index (κ1) is 20.2. The molecule has 2 aromatic heterocycles. The van der Waals surface area contributed by atoms with Crippen LogP contribution in [0.15, 0.2) is 34.8 Å². The zero-order valence-electron chi connectivity index (χ0n) is 16.2. The lowest BCUT2D eigenvalue weighted by Gasteiger charge is -2.33. The van der Waals surface area contributed by atoms with Gasteiger partial charge >= 0.3 is 0 Å². The molecule has 1 atom stereocenters. The number of amides is 1. The lowest BCUT2D eigenvalue weighted by Crippen LogP contribution is -2.48. The van der Waals surface area contributed by atoms with Crippen LogP contribution in [0.5, 0.6) is 0 Å². The van der Waals surface area contributed by atoms with Gasteiger partial charge in [0.1, 0.15) is 9.77 Å². The minimum atomic E-state index is -3.64. The number of piperidine rings is 2. The van der Waals surface area contributed by atoms with E-state index in [0.29, 0.717) is 25.6 Å². The zero-order chi connectivity index (χ0) is 20.3. The van der Waals surface area contributed by atoms with E-state index in [2.05, 4.69) is 15.3 Å². The van der Waals surface area contributed by atoms with Crippen LogP contribution in [0.2, 0.25) is 0 Å². The molecule has 0 bridgehead atoms. The summed E-state index contributed by atoms with van der Waals surface area (Å²) in [6, 6.07) is 3.25. The lowest BCUT2D eigenvalue weighted by molar-refractivity contribution is 0.0934. The number of aromatic nitrogens is 2. The number of anilines is 1. The number of thiophene rings is 1. The first-order valence-corrected chi connectivity index (χ1v) is 12.3. The molecule has 10 heteroatoms. The molecule has 1 unspecified atom stereocenters. The van der Waals surface area contributed by atoms with Crippen molar-refractivity contribution in [2.24, 2.45) is 0 Å². The molecule has 2 aliphatic rings. The maximum atomic E-state index is 13.0. The Hall–Kier alpha value is -2.04. The summed E-state index contributed by atoms with van der Waals surface area (Å²) in [5.41, 5.74) is 0. The van der Waals surface area contributed by atoms with Gasteiger partial charge in [-0.2, -0.15) is 4.31 Å². The Morgan fingerprint density at radius 2 is 1.86 bits per heavy atom. The van der Waals surface area contributed by atoms with Gasteiger partial charge in [-0.15, -0.1) is 11.3 Å². The number of sulfonamides is 1. The van der Waals surface area contributed by atoms with Gasteiger partial charge in [-0.25, -0.2) is 18.4 Å². The summed E-state index contributed by atoms with van der Waals surface area (Å²) in [4.78, 5) is 23.9. The van der Waals surface area contributed by atoms with Crippen LogP contribution in [-0.2, 0) is 10.0 Å². The Morgan fingerprint density at radius 3 is 2.62 bits per heavy atom. The molecule has 0 radical (unpaired) electrons. The van der Waals surface area contributed by atoms with E-state index < -0.39 is 10.0 Å². The van der Waals surface area contributed by atoms with Crippen LogP contribution in [0.1, 0.15) is 41.8 Å². The van der Waals surface area contributed by atoms with Gasteiger partial charge in [-0.05, 0) is 43.2 Å². The van der Waals surface area contributed by atoms with Crippen LogP contribution in [0.25, 0.3) is 0 Å². The first-order valence-electron chi connectivity index (χ1n) is 9.96.